The molecule has 4 nitrogen and oxygen atoms in total. The summed E-state index contributed by atoms with van der Waals surface area (Å²) in [7, 11) is 1.72. The first-order valence-corrected chi connectivity index (χ1v) is 6.27. The van der Waals surface area contributed by atoms with Crippen LogP contribution in [0.15, 0.2) is 30.0 Å². The maximum absolute atomic E-state index is 9.77. The number of hydrogen-bond donors (Lipinski definition) is 1. The molecular weight excluding hydrogens is 228 g/mol. The van der Waals surface area contributed by atoms with Crippen LogP contribution >= 0.6 is 0 Å². The lowest BCUT2D eigenvalue weighted by Gasteiger charge is -2.29. The van der Waals surface area contributed by atoms with Crippen LogP contribution in [-0.4, -0.2) is 36.9 Å². The highest BCUT2D eigenvalue weighted by Gasteiger charge is 2.17. The standard InChI is InChI=1S/C14H20N2O2/c1-11(17)13-4-3-7-15-14(13)16-8-5-12(6-9-16)10-18-2/h3-5,7,11,17H,6,8-10H2,1-2H3. The fraction of sp³-hybridized carbons (Fsp3) is 0.500. The largest absolute Gasteiger partial charge is 0.389 e. The zero-order valence-electron chi connectivity index (χ0n) is 11.0. The van der Waals surface area contributed by atoms with Crippen LogP contribution in [0.4, 0.5) is 5.82 Å². The van der Waals surface area contributed by atoms with Crippen LogP contribution in [-0.2, 0) is 4.74 Å². The van der Waals surface area contributed by atoms with Gasteiger partial charge in [-0.1, -0.05) is 12.1 Å². The highest BCUT2D eigenvalue weighted by molar-refractivity contribution is 5.49. The molecule has 1 aromatic rings. The average Bonchev–Trinajstić information content (AvgIpc) is 2.40. The Kier molecular flexibility index (Phi) is 4.33. The lowest BCUT2D eigenvalue weighted by molar-refractivity contribution is 0.199. The zero-order chi connectivity index (χ0) is 13.0. The fourth-order valence-corrected chi connectivity index (χ4v) is 2.22. The molecule has 0 aliphatic carbocycles. The molecule has 1 atom stereocenters. The second-order valence-electron chi connectivity index (χ2n) is 4.58. The number of aliphatic hydroxyl groups is 1. The van der Waals surface area contributed by atoms with Gasteiger partial charge in [0.15, 0.2) is 0 Å². The summed E-state index contributed by atoms with van der Waals surface area (Å²) in [5.41, 5.74) is 2.23. The molecule has 0 radical (unpaired) electrons. The quantitative estimate of drug-likeness (QED) is 0.827. The molecule has 0 saturated heterocycles. The highest BCUT2D eigenvalue weighted by atomic mass is 16.5. The number of anilines is 1. The van der Waals surface area contributed by atoms with E-state index < -0.39 is 6.10 Å². The molecule has 0 amide bonds. The molecule has 1 aliphatic rings. The van der Waals surface area contributed by atoms with E-state index in [1.54, 1.807) is 20.2 Å². The molecule has 2 heterocycles. The van der Waals surface area contributed by atoms with Crippen molar-refractivity contribution in [2.24, 2.45) is 0 Å². The molecule has 18 heavy (non-hydrogen) atoms. The van der Waals surface area contributed by atoms with Crippen molar-refractivity contribution in [3.8, 4) is 0 Å². The van der Waals surface area contributed by atoms with Crippen LogP contribution in [0.2, 0.25) is 0 Å². The molecule has 0 saturated carbocycles. The fourth-order valence-electron chi connectivity index (χ4n) is 2.22. The average molecular weight is 248 g/mol. The van der Waals surface area contributed by atoms with Gasteiger partial charge >= 0.3 is 0 Å². The minimum atomic E-state index is -0.488. The number of aliphatic hydroxyl groups excluding tert-OH is 1. The smallest absolute Gasteiger partial charge is 0.134 e. The predicted molar refractivity (Wildman–Crippen MR) is 71.7 cm³/mol. The van der Waals surface area contributed by atoms with Gasteiger partial charge in [0.05, 0.1) is 12.7 Å². The van der Waals surface area contributed by atoms with E-state index in [0.717, 1.165) is 30.9 Å². The van der Waals surface area contributed by atoms with Crippen LogP contribution in [0, 0.1) is 0 Å². The Labute approximate surface area is 108 Å². The number of pyridine rings is 1. The van der Waals surface area contributed by atoms with Crippen LogP contribution in [0.5, 0.6) is 0 Å². The Hall–Kier alpha value is -1.39. The van der Waals surface area contributed by atoms with E-state index in [0.29, 0.717) is 6.61 Å². The zero-order valence-corrected chi connectivity index (χ0v) is 11.0. The lowest BCUT2D eigenvalue weighted by Crippen LogP contribution is -2.31. The molecule has 0 bridgehead atoms. The van der Waals surface area contributed by atoms with Gasteiger partial charge in [0.1, 0.15) is 5.82 Å². The summed E-state index contributed by atoms with van der Waals surface area (Å²) in [6.45, 7) is 4.23. The summed E-state index contributed by atoms with van der Waals surface area (Å²) in [6, 6.07) is 3.79. The van der Waals surface area contributed by atoms with E-state index in [2.05, 4.69) is 16.0 Å². The van der Waals surface area contributed by atoms with Crippen molar-refractivity contribution in [2.45, 2.75) is 19.4 Å². The number of methoxy groups -OCH3 is 1. The molecule has 0 spiro atoms. The number of aromatic nitrogens is 1. The van der Waals surface area contributed by atoms with Gasteiger partial charge in [-0.25, -0.2) is 4.98 Å². The van der Waals surface area contributed by atoms with Gasteiger partial charge in [-0.15, -0.1) is 0 Å². The third kappa shape index (κ3) is 2.89. The van der Waals surface area contributed by atoms with Crippen molar-refractivity contribution in [2.75, 3.05) is 31.7 Å². The minimum Gasteiger partial charge on any atom is -0.389 e. The third-order valence-corrected chi connectivity index (χ3v) is 3.20. The number of hydrogen-bond acceptors (Lipinski definition) is 4. The van der Waals surface area contributed by atoms with Crippen molar-refractivity contribution in [3.05, 3.63) is 35.5 Å². The molecular formula is C14H20N2O2. The van der Waals surface area contributed by atoms with Crippen molar-refractivity contribution < 1.29 is 9.84 Å². The van der Waals surface area contributed by atoms with Crippen LogP contribution in [0.3, 0.4) is 0 Å². The van der Waals surface area contributed by atoms with E-state index in [1.165, 1.54) is 5.57 Å². The van der Waals surface area contributed by atoms with Crippen LogP contribution in [0.1, 0.15) is 25.0 Å². The first kappa shape index (κ1) is 13.1. The maximum atomic E-state index is 9.77. The summed E-state index contributed by atoms with van der Waals surface area (Å²) in [5.74, 6) is 0.889. The van der Waals surface area contributed by atoms with Crippen LogP contribution < -0.4 is 4.90 Å². The molecule has 1 N–H and O–H groups in total. The lowest BCUT2D eigenvalue weighted by atomic mass is 10.1. The summed E-state index contributed by atoms with van der Waals surface area (Å²) in [4.78, 5) is 6.60. The monoisotopic (exact) mass is 248 g/mol. The molecule has 0 fully saturated rings. The Morgan fingerprint density at radius 3 is 3.00 bits per heavy atom. The van der Waals surface area contributed by atoms with Crippen molar-refractivity contribution in [1.82, 2.24) is 4.98 Å². The van der Waals surface area contributed by atoms with Crippen molar-refractivity contribution in [1.29, 1.82) is 0 Å². The van der Waals surface area contributed by atoms with Gasteiger partial charge in [-0.05, 0) is 25.0 Å². The van der Waals surface area contributed by atoms with Crippen molar-refractivity contribution in [3.63, 3.8) is 0 Å². The molecule has 98 valence electrons. The number of nitrogens with zero attached hydrogens (tertiary/aromatic N) is 2. The molecule has 4 heteroatoms. The third-order valence-electron chi connectivity index (χ3n) is 3.20. The van der Waals surface area contributed by atoms with Crippen molar-refractivity contribution >= 4 is 5.82 Å². The summed E-state index contributed by atoms with van der Waals surface area (Å²) < 4.78 is 5.14. The van der Waals surface area contributed by atoms with Crippen LogP contribution in [0.25, 0.3) is 0 Å². The molecule has 1 aliphatic heterocycles. The van der Waals surface area contributed by atoms with Gasteiger partial charge in [-0.3, -0.25) is 0 Å². The van der Waals surface area contributed by atoms with E-state index in [4.69, 9.17) is 4.74 Å². The van der Waals surface area contributed by atoms with Gasteiger partial charge in [0.25, 0.3) is 0 Å². The van der Waals surface area contributed by atoms with E-state index >= 15 is 0 Å². The predicted octanol–water partition coefficient (Wildman–Crippen LogP) is 1.92. The Morgan fingerprint density at radius 1 is 1.56 bits per heavy atom. The minimum absolute atomic E-state index is 0.488. The normalized spacial score (nSPS) is 17.5. The maximum Gasteiger partial charge on any atom is 0.134 e. The highest BCUT2D eigenvalue weighted by Crippen LogP contribution is 2.25. The first-order valence-electron chi connectivity index (χ1n) is 6.27. The summed E-state index contributed by atoms with van der Waals surface area (Å²) in [6.07, 6.45) is 4.46. The number of ether oxygens (including phenoxy) is 1. The molecule has 2 rings (SSSR count). The Bertz CT molecular complexity index is 430. The van der Waals surface area contributed by atoms with E-state index in [-0.39, 0.29) is 0 Å². The summed E-state index contributed by atoms with van der Waals surface area (Å²) >= 11 is 0. The molecule has 0 aromatic carbocycles. The van der Waals surface area contributed by atoms with Gasteiger partial charge in [-0.2, -0.15) is 0 Å². The van der Waals surface area contributed by atoms with Gasteiger partial charge in [0, 0.05) is 32.0 Å². The Balaban J connectivity index is 2.14. The molecule has 1 aromatic heterocycles. The first-order chi connectivity index (χ1) is 8.72. The van der Waals surface area contributed by atoms with E-state index in [1.807, 2.05) is 12.1 Å². The summed E-state index contributed by atoms with van der Waals surface area (Å²) in [5, 5.41) is 9.77. The number of rotatable bonds is 4. The second kappa shape index (κ2) is 5.98. The topological polar surface area (TPSA) is 45.6 Å². The Morgan fingerprint density at radius 2 is 2.39 bits per heavy atom. The van der Waals surface area contributed by atoms with Gasteiger partial charge in [0.2, 0.25) is 0 Å². The molecule has 1 unspecified atom stereocenters. The SMILES string of the molecule is COCC1=CCN(c2ncccc2C(C)O)CC1. The van der Waals surface area contributed by atoms with Gasteiger partial charge < -0.3 is 14.7 Å². The van der Waals surface area contributed by atoms with E-state index in [9.17, 15) is 5.11 Å². The second-order valence-corrected chi connectivity index (χ2v) is 4.58.